The molecule has 4 aliphatic rings. The lowest BCUT2D eigenvalue weighted by Crippen LogP contribution is -2.62. The Bertz CT molecular complexity index is 1270. The minimum atomic E-state index is -1.80. The summed E-state index contributed by atoms with van der Waals surface area (Å²) in [5, 5.41) is 27.7. The minimum absolute atomic E-state index is 0.149. The molecule has 0 aromatic heterocycles. The number of carbonyl (C=O) groups is 3. The summed E-state index contributed by atoms with van der Waals surface area (Å²) in [6.45, 7) is 5.56. The van der Waals surface area contributed by atoms with Crippen LogP contribution in [0.1, 0.15) is 70.8 Å². The van der Waals surface area contributed by atoms with E-state index in [1.54, 1.807) is 26.2 Å². The number of fused-ring (bicyclic) bond motifs is 1. The van der Waals surface area contributed by atoms with Crippen LogP contribution in [-0.2, 0) is 35.3 Å². The SMILES string of the molecule is COc1ccc(C[C@H](NC(=O)[C@H](C)NC(=O)CN2CCOCC2)C(=O)N[C@@H](C[C@H]2CC[C@@H]3CCCC[C@H]3C2)C2([C@](C)(O)C=N)OO2)cc1. The lowest BCUT2D eigenvalue weighted by atomic mass is 9.66. The number of hydrogen-bond acceptors (Lipinski definition) is 10. The van der Waals surface area contributed by atoms with Crippen molar-refractivity contribution in [3.8, 4) is 5.75 Å². The van der Waals surface area contributed by atoms with E-state index in [1.165, 1.54) is 32.6 Å². The van der Waals surface area contributed by atoms with Gasteiger partial charge in [-0.2, -0.15) is 9.78 Å². The Hall–Kier alpha value is -3.10. The lowest BCUT2D eigenvalue weighted by molar-refractivity contribution is -0.133. The van der Waals surface area contributed by atoms with Crippen molar-refractivity contribution in [2.24, 2.45) is 17.8 Å². The molecule has 5 rings (SSSR count). The van der Waals surface area contributed by atoms with Gasteiger partial charge in [0.2, 0.25) is 17.7 Å². The molecule has 3 amide bonds. The number of aliphatic hydroxyl groups is 1. The number of methoxy groups -OCH3 is 1. The van der Waals surface area contributed by atoms with E-state index < -0.39 is 41.3 Å². The molecule has 2 saturated carbocycles. The maximum Gasteiger partial charge on any atom is 0.286 e. The molecule has 2 aliphatic carbocycles. The van der Waals surface area contributed by atoms with E-state index in [1.807, 2.05) is 17.0 Å². The highest BCUT2D eigenvalue weighted by Gasteiger charge is 2.68. The summed E-state index contributed by atoms with van der Waals surface area (Å²) in [7, 11) is 1.57. The zero-order valence-electron chi connectivity index (χ0n) is 28.5. The molecule has 2 saturated heterocycles. The van der Waals surface area contributed by atoms with E-state index in [2.05, 4.69) is 16.0 Å². The number of morpholine rings is 1. The molecule has 4 fully saturated rings. The van der Waals surface area contributed by atoms with Gasteiger partial charge >= 0.3 is 0 Å². The summed E-state index contributed by atoms with van der Waals surface area (Å²) in [5.41, 5.74) is -1.02. The Labute approximate surface area is 283 Å². The standard InChI is InChI=1S/C35H53N5O8/c1-23(37-31(41)21-40-14-16-46-17-15-40)32(42)38-29(19-24-9-12-28(45-3)13-10-24)33(43)39-30(35(47-48-35)34(2,44)22-36)20-25-8-11-26-6-4-5-7-27(26)18-25/h9-10,12-13,22-23,25-27,29-30,36,44H,4-8,11,14-21H2,1-3H3,(H,37,41)(H,38,42)(H,39,43)/t23-,25-,26-,27-,29-,30-,34+/m0/s1. The van der Waals surface area contributed by atoms with Crippen molar-refractivity contribution in [3.05, 3.63) is 29.8 Å². The molecule has 2 aliphatic heterocycles. The number of rotatable bonds is 15. The van der Waals surface area contributed by atoms with E-state index in [-0.39, 0.29) is 24.8 Å². The van der Waals surface area contributed by atoms with Crippen LogP contribution in [0, 0.1) is 23.2 Å². The lowest BCUT2D eigenvalue weighted by Gasteiger charge is -2.41. The normalized spacial score (nSPS) is 26.8. The van der Waals surface area contributed by atoms with Crippen molar-refractivity contribution in [3.63, 3.8) is 0 Å². The molecule has 0 unspecified atom stereocenters. The van der Waals surface area contributed by atoms with Gasteiger partial charge in [0.25, 0.3) is 5.79 Å². The average Bonchev–Trinajstić information content (AvgIpc) is 3.91. The van der Waals surface area contributed by atoms with Gasteiger partial charge in [-0.05, 0) is 68.6 Å². The molecule has 13 heteroatoms. The first-order valence-electron chi connectivity index (χ1n) is 17.5. The number of hydrogen-bond donors (Lipinski definition) is 5. The molecule has 0 radical (unpaired) electrons. The molecular weight excluding hydrogens is 618 g/mol. The third kappa shape index (κ3) is 8.92. The van der Waals surface area contributed by atoms with Crippen molar-refractivity contribution in [1.82, 2.24) is 20.9 Å². The molecule has 5 N–H and O–H groups in total. The average molecular weight is 672 g/mol. The largest absolute Gasteiger partial charge is 0.497 e. The Morgan fingerprint density at radius 1 is 1.04 bits per heavy atom. The Morgan fingerprint density at radius 3 is 2.38 bits per heavy atom. The Kier molecular flexibility index (Phi) is 12.1. The topological polar surface area (TPSA) is 178 Å². The van der Waals surface area contributed by atoms with Crippen LogP contribution in [-0.4, -0.2) is 103 Å². The van der Waals surface area contributed by atoms with Crippen molar-refractivity contribution in [2.45, 2.75) is 101 Å². The Morgan fingerprint density at radius 2 is 1.73 bits per heavy atom. The number of benzene rings is 1. The second-order valence-corrected chi connectivity index (χ2v) is 14.2. The second kappa shape index (κ2) is 16.1. The van der Waals surface area contributed by atoms with E-state index in [0.29, 0.717) is 44.4 Å². The fourth-order valence-electron chi connectivity index (χ4n) is 7.70. The summed E-state index contributed by atoms with van der Waals surface area (Å²) in [6.07, 6.45) is 9.71. The highest BCUT2D eigenvalue weighted by Crippen LogP contribution is 2.48. The predicted molar refractivity (Wildman–Crippen MR) is 177 cm³/mol. The van der Waals surface area contributed by atoms with Crippen molar-refractivity contribution in [2.75, 3.05) is 40.0 Å². The van der Waals surface area contributed by atoms with Crippen LogP contribution in [0.15, 0.2) is 24.3 Å². The van der Waals surface area contributed by atoms with Gasteiger partial charge in [-0.15, -0.1) is 0 Å². The van der Waals surface area contributed by atoms with Gasteiger partial charge < -0.3 is 35.9 Å². The zero-order chi connectivity index (χ0) is 34.3. The molecule has 266 valence electrons. The van der Waals surface area contributed by atoms with Crippen LogP contribution in [0.4, 0.5) is 0 Å². The third-order valence-electron chi connectivity index (χ3n) is 10.7. The number of ether oxygens (including phenoxy) is 2. The van der Waals surface area contributed by atoms with Crippen molar-refractivity contribution < 1.29 is 38.7 Å². The highest BCUT2D eigenvalue weighted by molar-refractivity contribution is 5.92. The first-order valence-corrected chi connectivity index (χ1v) is 17.5. The smallest absolute Gasteiger partial charge is 0.286 e. The molecule has 7 atom stereocenters. The third-order valence-corrected chi connectivity index (χ3v) is 10.7. The van der Waals surface area contributed by atoms with Crippen LogP contribution >= 0.6 is 0 Å². The maximum absolute atomic E-state index is 14.2. The number of amides is 3. The molecular formula is C35H53N5O8. The van der Waals surface area contributed by atoms with Crippen LogP contribution in [0.2, 0.25) is 0 Å². The molecule has 48 heavy (non-hydrogen) atoms. The van der Waals surface area contributed by atoms with E-state index in [0.717, 1.165) is 37.0 Å². The van der Waals surface area contributed by atoms with Gasteiger partial charge in [-0.3, -0.25) is 19.3 Å². The van der Waals surface area contributed by atoms with Crippen molar-refractivity contribution in [1.29, 1.82) is 5.41 Å². The summed E-state index contributed by atoms with van der Waals surface area (Å²) in [4.78, 5) is 53.2. The summed E-state index contributed by atoms with van der Waals surface area (Å²) in [5.74, 6) is -0.574. The quantitative estimate of drug-likeness (QED) is 0.106. The maximum atomic E-state index is 14.2. The van der Waals surface area contributed by atoms with Crippen LogP contribution in [0.5, 0.6) is 5.75 Å². The Balaban J connectivity index is 1.31. The minimum Gasteiger partial charge on any atom is -0.497 e. The second-order valence-electron chi connectivity index (χ2n) is 14.2. The van der Waals surface area contributed by atoms with Gasteiger partial charge in [0.1, 0.15) is 17.8 Å². The predicted octanol–water partition coefficient (Wildman–Crippen LogP) is 2.10. The van der Waals surface area contributed by atoms with Gasteiger partial charge in [0, 0.05) is 25.7 Å². The zero-order valence-corrected chi connectivity index (χ0v) is 28.5. The summed E-state index contributed by atoms with van der Waals surface area (Å²) in [6, 6.07) is 4.52. The molecule has 0 bridgehead atoms. The van der Waals surface area contributed by atoms with E-state index in [4.69, 9.17) is 24.7 Å². The molecule has 2 heterocycles. The van der Waals surface area contributed by atoms with E-state index in [9.17, 15) is 19.5 Å². The van der Waals surface area contributed by atoms with Gasteiger partial charge in [-0.25, -0.2) is 0 Å². The van der Waals surface area contributed by atoms with Gasteiger partial charge in [0.15, 0.2) is 5.60 Å². The monoisotopic (exact) mass is 671 g/mol. The first-order chi connectivity index (χ1) is 23.0. The highest BCUT2D eigenvalue weighted by atomic mass is 17.4. The number of nitrogens with zero attached hydrogens (tertiary/aromatic N) is 1. The molecule has 0 spiro atoms. The van der Waals surface area contributed by atoms with Crippen LogP contribution < -0.4 is 20.7 Å². The molecule has 1 aromatic rings. The molecule has 13 nitrogen and oxygen atoms in total. The van der Waals surface area contributed by atoms with E-state index >= 15 is 0 Å². The number of nitrogens with one attached hydrogen (secondary N) is 4. The number of carbonyl (C=O) groups excluding carboxylic acids is 3. The molecule has 1 aromatic carbocycles. The fourth-order valence-corrected chi connectivity index (χ4v) is 7.70. The summed E-state index contributed by atoms with van der Waals surface area (Å²) < 4.78 is 10.6. The fraction of sp³-hybridized carbons (Fsp3) is 0.714. The summed E-state index contributed by atoms with van der Waals surface area (Å²) >= 11 is 0. The van der Waals surface area contributed by atoms with Gasteiger partial charge in [0.05, 0.1) is 32.9 Å². The first kappa shape index (κ1) is 36.2. The van der Waals surface area contributed by atoms with Crippen LogP contribution in [0.3, 0.4) is 0 Å². The van der Waals surface area contributed by atoms with Crippen molar-refractivity contribution >= 4 is 23.9 Å². The van der Waals surface area contributed by atoms with Crippen LogP contribution in [0.25, 0.3) is 0 Å². The van der Waals surface area contributed by atoms with Gasteiger partial charge in [-0.1, -0.05) is 44.2 Å².